The summed E-state index contributed by atoms with van der Waals surface area (Å²) < 4.78 is 42.7. The number of halogens is 1. The maximum atomic E-state index is 12.5. The Morgan fingerprint density at radius 1 is 1.09 bits per heavy atom. The molecule has 0 saturated heterocycles. The number of fused-ring (bicyclic) bond motifs is 1. The van der Waals surface area contributed by atoms with Crippen molar-refractivity contribution in [2.45, 2.75) is 36.4 Å². The van der Waals surface area contributed by atoms with Crippen LogP contribution >= 0.6 is 11.6 Å². The maximum absolute atomic E-state index is 12.5. The molecular weight excluding hydrogens is 472 g/mol. The van der Waals surface area contributed by atoms with Gasteiger partial charge in [0.25, 0.3) is 11.7 Å². The van der Waals surface area contributed by atoms with Gasteiger partial charge < -0.3 is 19.5 Å². The molecule has 0 atom stereocenters. The molecule has 1 N–H and O–H groups in total. The lowest BCUT2D eigenvalue weighted by atomic mass is 10.2. The van der Waals surface area contributed by atoms with Crippen LogP contribution in [0.3, 0.4) is 0 Å². The minimum atomic E-state index is -3.91. The predicted octanol–water partition coefficient (Wildman–Crippen LogP) is 3.18. The zero-order valence-electron chi connectivity index (χ0n) is 17.9. The number of likely N-dealkylation sites (N-methyl/N-ethyl adjacent to an activating group) is 1. The summed E-state index contributed by atoms with van der Waals surface area (Å²) in [5.74, 6) is -0.842. The number of rotatable bonds is 7. The molecule has 1 fully saturated rings. The first-order valence-electron chi connectivity index (χ1n) is 10.4. The molecule has 1 aliphatic heterocycles. The average Bonchev–Trinajstić information content (AvgIpc) is 3.38. The van der Waals surface area contributed by atoms with E-state index in [1.54, 1.807) is 18.2 Å². The van der Waals surface area contributed by atoms with Gasteiger partial charge >= 0.3 is 5.97 Å². The number of carbonyl (C=O) groups is 2. The second-order valence-electron chi connectivity index (χ2n) is 7.91. The Morgan fingerprint density at radius 3 is 2.45 bits per heavy atom. The van der Waals surface area contributed by atoms with Crippen molar-refractivity contribution in [1.29, 1.82) is 0 Å². The van der Waals surface area contributed by atoms with Crippen LogP contribution in [0.25, 0.3) is 0 Å². The summed E-state index contributed by atoms with van der Waals surface area (Å²) in [5, 5.41) is 3.02. The molecule has 9 nitrogen and oxygen atoms in total. The molecular formula is C22H23ClN2O7S. The highest BCUT2D eigenvalue weighted by molar-refractivity contribution is 7.89. The number of nitrogens with one attached hydrogen (secondary N) is 1. The lowest BCUT2D eigenvalue weighted by molar-refractivity contribution is -0.147. The molecule has 33 heavy (non-hydrogen) atoms. The number of amides is 1. The molecule has 2 aromatic rings. The number of carbonyl (C=O) groups excluding carboxylic acids is 2. The van der Waals surface area contributed by atoms with E-state index >= 15 is 0 Å². The van der Waals surface area contributed by atoms with Crippen molar-refractivity contribution in [3.63, 3.8) is 0 Å². The van der Waals surface area contributed by atoms with Crippen LogP contribution in [0.15, 0.2) is 47.4 Å². The molecule has 0 radical (unpaired) electrons. The van der Waals surface area contributed by atoms with Gasteiger partial charge in [-0.3, -0.25) is 9.59 Å². The normalized spacial score (nSPS) is 16.2. The molecule has 0 aromatic heterocycles. The molecule has 1 amide bonds. The number of anilines is 1. The number of hydrogen-bond acceptors (Lipinski definition) is 7. The van der Waals surface area contributed by atoms with E-state index < -0.39 is 40.8 Å². The summed E-state index contributed by atoms with van der Waals surface area (Å²) in [6.07, 6.45) is 3.72. The maximum Gasteiger partial charge on any atom is 0.321 e. The molecule has 176 valence electrons. The summed E-state index contributed by atoms with van der Waals surface area (Å²) >= 11 is 5.78. The molecule has 0 bridgehead atoms. The van der Waals surface area contributed by atoms with E-state index in [-0.39, 0.29) is 4.90 Å². The van der Waals surface area contributed by atoms with Gasteiger partial charge in [-0.05, 0) is 49.2 Å². The Labute approximate surface area is 196 Å². The fourth-order valence-corrected chi connectivity index (χ4v) is 4.97. The first-order valence-corrected chi connectivity index (χ1v) is 12.2. The van der Waals surface area contributed by atoms with Crippen molar-refractivity contribution in [2.75, 3.05) is 25.5 Å². The number of hydrogen-bond donors (Lipinski definition) is 1. The first kappa shape index (κ1) is 23.3. The average molecular weight is 495 g/mol. The largest absolute Gasteiger partial charge is 0.455 e. The minimum absolute atomic E-state index is 0.0119. The van der Waals surface area contributed by atoms with Gasteiger partial charge in [0, 0.05) is 36.7 Å². The SMILES string of the molecule is CN(CC(=O)OCC(=O)Nc1ccc2c(c1)OC1(CCCC1)O2)S(=O)(=O)c1ccc(Cl)cc1. The standard InChI is InChI=1S/C22H23ClN2O7S/c1-25(33(28,29)17-7-4-15(23)5-8-17)13-21(27)30-14-20(26)24-16-6-9-18-19(12-16)32-22(31-18)10-2-3-11-22/h4-9,12H,2-3,10-11,13-14H2,1H3,(H,24,26). The Kier molecular flexibility index (Phi) is 6.51. The van der Waals surface area contributed by atoms with Crippen LogP contribution in [-0.2, 0) is 24.3 Å². The topological polar surface area (TPSA) is 111 Å². The Bertz CT molecular complexity index is 1160. The zero-order chi connectivity index (χ0) is 23.6. The van der Waals surface area contributed by atoms with Gasteiger partial charge in [-0.25, -0.2) is 8.42 Å². The number of sulfonamides is 1. The third kappa shape index (κ3) is 5.23. The van der Waals surface area contributed by atoms with Crippen LogP contribution in [0.4, 0.5) is 5.69 Å². The highest BCUT2D eigenvalue weighted by atomic mass is 35.5. The highest BCUT2D eigenvalue weighted by Crippen LogP contribution is 2.47. The van der Waals surface area contributed by atoms with E-state index in [1.165, 1.54) is 31.3 Å². The van der Waals surface area contributed by atoms with Crippen LogP contribution in [0, 0.1) is 0 Å². The molecule has 4 rings (SSSR count). The van der Waals surface area contributed by atoms with E-state index in [2.05, 4.69) is 5.32 Å². The monoisotopic (exact) mass is 494 g/mol. The van der Waals surface area contributed by atoms with Gasteiger partial charge in [0.1, 0.15) is 6.54 Å². The van der Waals surface area contributed by atoms with Gasteiger partial charge in [-0.1, -0.05) is 11.6 Å². The predicted molar refractivity (Wildman–Crippen MR) is 120 cm³/mol. The van der Waals surface area contributed by atoms with E-state index in [1.807, 2.05) is 0 Å². The van der Waals surface area contributed by atoms with Crippen molar-refractivity contribution in [2.24, 2.45) is 0 Å². The van der Waals surface area contributed by atoms with E-state index in [0.29, 0.717) is 22.2 Å². The lowest BCUT2D eigenvalue weighted by Crippen LogP contribution is -2.34. The number of ether oxygens (including phenoxy) is 3. The lowest BCUT2D eigenvalue weighted by Gasteiger charge is -2.21. The van der Waals surface area contributed by atoms with Gasteiger partial charge in [-0.2, -0.15) is 4.31 Å². The third-order valence-electron chi connectivity index (χ3n) is 5.42. The Balaban J connectivity index is 1.27. The molecule has 11 heteroatoms. The van der Waals surface area contributed by atoms with Crippen molar-refractivity contribution in [1.82, 2.24) is 4.31 Å². The molecule has 1 spiro atoms. The molecule has 0 unspecified atom stereocenters. The van der Waals surface area contributed by atoms with Crippen LogP contribution < -0.4 is 14.8 Å². The third-order valence-corrected chi connectivity index (χ3v) is 7.49. The van der Waals surface area contributed by atoms with Gasteiger partial charge in [-0.15, -0.1) is 0 Å². The fourth-order valence-electron chi connectivity index (χ4n) is 3.73. The van der Waals surface area contributed by atoms with E-state index in [4.69, 9.17) is 25.8 Å². The summed E-state index contributed by atoms with van der Waals surface area (Å²) in [5.41, 5.74) is 0.468. The van der Waals surface area contributed by atoms with Crippen molar-refractivity contribution < 1.29 is 32.2 Å². The van der Waals surface area contributed by atoms with Crippen molar-refractivity contribution in [3.8, 4) is 11.5 Å². The van der Waals surface area contributed by atoms with Crippen molar-refractivity contribution in [3.05, 3.63) is 47.5 Å². The minimum Gasteiger partial charge on any atom is -0.455 e. The van der Waals surface area contributed by atoms with Crippen LogP contribution in [0.5, 0.6) is 11.5 Å². The second kappa shape index (κ2) is 9.20. The Hall–Kier alpha value is -2.82. The molecule has 2 aliphatic rings. The summed E-state index contributed by atoms with van der Waals surface area (Å²) in [6, 6.07) is 10.6. The van der Waals surface area contributed by atoms with Gasteiger partial charge in [0.05, 0.1) is 4.90 Å². The van der Waals surface area contributed by atoms with Gasteiger partial charge in [0.15, 0.2) is 18.1 Å². The summed E-state index contributed by atoms with van der Waals surface area (Å²) in [7, 11) is -2.66. The Morgan fingerprint density at radius 2 is 1.76 bits per heavy atom. The van der Waals surface area contributed by atoms with Gasteiger partial charge in [0.2, 0.25) is 10.0 Å². The zero-order valence-corrected chi connectivity index (χ0v) is 19.4. The van der Waals surface area contributed by atoms with E-state index in [0.717, 1.165) is 30.0 Å². The van der Waals surface area contributed by atoms with Crippen LogP contribution in [0.2, 0.25) is 5.02 Å². The van der Waals surface area contributed by atoms with Crippen LogP contribution in [0.1, 0.15) is 25.7 Å². The summed E-state index contributed by atoms with van der Waals surface area (Å²) in [6.45, 7) is -1.11. The molecule has 1 heterocycles. The van der Waals surface area contributed by atoms with Crippen LogP contribution in [-0.4, -0.2) is 50.6 Å². The quantitative estimate of drug-likeness (QED) is 0.588. The number of esters is 1. The molecule has 1 aliphatic carbocycles. The number of nitrogens with zero attached hydrogens (tertiary/aromatic N) is 1. The highest BCUT2D eigenvalue weighted by Gasteiger charge is 2.44. The molecule has 1 saturated carbocycles. The number of benzene rings is 2. The molecule has 2 aromatic carbocycles. The fraction of sp³-hybridized carbons (Fsp3) is 0.364. The summed E-state index contributed by atoms with van der Waals surface area (Å²) in [4.78, 5) is 24.3. The first-order chi connectivity index (χ1) is 15.7. The smallest absolute Gasteiger partial charge is 0.321 e. The second-order valence-corrected chi connectivity index (χ2v) is 10.4. The van der Waals surface area contributed by atoms with Crippen molar-refractivity contribution >= 4 is 39.2 Å². The van der Waals surface area contributed by atoms with E-state index in [9.17, 15) is 18.0 Å².